The highest BCUT2D eigenvalue weighted by molar-refractivity contribution is 6.31. The number of benzene rings is 2. The molecule has 136 valence electrons. The number of carboxylic acid groups (broad SMARTS) is 1. The minimum absolute atomic E-state index is 0.116. The van der Waals surface area contributed by atoms with Gasteiger partial charge in [-0.15, -0.1) is 0 Å². The molecule has 26 heavy (non-hydrogen) atoms. The third-order valence-electron chi connectivity index (χ3n) is 4.80. The van der Waals surface area contributed by atoms with E-state index in [4.69, 9.17) is 21.4 Å². The van der Waals surface area contributed by atoms with E-state index in [1.807, 2.05) is 18.2 Å². The molecule has 2 aromatic carbocycles. The first-order valence-corrected chi connectivity index (χ1v) is 8.84. The van der Waals surface area contributed by atoms with Gasteiger partial charge < -0.3 is 15.2 Å². The van der Waals surface area contributed by atoms with Crippen LogP contribution in [0.25, 0.3) is 0 Å². The Morgan fingerprint density at radius 2 is 1.85 bits per heavy atom. The molecule has 0 spiro atoms. The molecule has 1 aliphatic rings. The summed E-state index contributed by atoms with van der Waals surface area (Å²) >= 11 is 6.38. The first-order chi connectivity index (χ1) is 12.5. The summed E-state index contributed by atoms with van der Waals surface area (Å²) in [5.74, 6) is -1.11. The molecule has 2 N–H and O–H groups in total. The average Bonchev–Trinajstić information content (AvgIpc) is 2.67. The minimum Gasteiger partial charge on any atom is -0.478 e. The Hall–Kier alpha value is -2.37. The van der Waals surface area contributed by atoms with E-state index in [0.29, 0.717) is 31.1 Å². The average molecular weight is 374 g/mol. The summed E-state index contributed by atoms with van der Waals surface area (Å²) in [7, 11) is 0. The molecule has 0 unspecified atom stereocenters. The predicted octanol–water partition coefficient (Wildman–Crippen LogP) is 3.40. The summed E-state index contributed by atoms with van der Waals surface area (Å²) in [5.41, 5.74) is 1.01. The van der Waals surface area contributed by atoms with Gasteiger partial charge in [-0.1, -0.05) is 41.9 Å². The van der Waals surface area contributed by atoms with Crippen molar-refractivity contribution in [3.05, 3.63) is 70.2 Å². The second-order valence-electron chi connectivity index (χ2n) is 6.36. The number of hydrogen-bond acceptors (Lipinski definition) is 3. The zero-order valence-corrected chi connectivity index (χ0v) is 15.0. The zero-order valence-electron chi connectivity index (χ0n) is 14.2. The lowest BCUT2D eigenvalue weighted by Crippen LogP contribution is -2.48. The van der Waals surface area contributed by atoms with Crippen LogP contribution in [0.2, 0.25) is 5.02 Å². The van der Waals surface area contributed by atoms with Crippen molar-refractivity contribution in [3.63, 3.8) is 0 Å². The quantitative estimate of drug-likeness (QED) is 0.842. The van der Waals surface area contributed by atoms with Gasteiger partial charge in [0.05, 0.1) is 11.0 Å². The number of nitrogens with one attached hydrogen (secondary N) is 1. The highest BCUT2D eigenvalue weighted by Gasteiger charge is 2.42. The van der Waals surface area contributed by atoms with Gasteiger partial charge in [0.25, 0.3) is 0 Å². The van der Waals surface area contributed by atoms with Crippen LogP contribution in [0.3, 0.4) is 0 Å². The standard InChI is InChI=1S/C20H20ClNO4/c21-17-7-2-1-6-16(17)20(8-10-26-11-9-20)19(25)22-13-14-4-3-5-15(12-14)18(23)24/h1-7,12H,8-11,13H2,(H,22,25)(H,23,24). The predicted molar refractivity (Wildman–Crippen MR) is 98.4 cm³/mol. The van der Waals surface area contributed by atoms with Crippen LogP contribution in [0.15, 0.2) is 48.5 Å². The number of halogens is 1. The van der Waals surface area contributed by atoms with Crippen LogP contribution in [-0.2, 0) is 21.5 Å². The van der Waals surface area contributed by atoms with Gasteiger partial charge in [-0.3, -0.25) is 4.79 Å². The molecule has 1 saturated heterocycles. The number of hydrogen-bond donors (Lipinski definition) is 2. The fourth-order valence-electron chi connectivity index (χ4n) is 3.35. The molecule has 1 amide bonds. The van der Waals surface area contributed by atoms with Crippen molar-refractivity contribution in [2.24, 2.45) is 0 Å². The molecule has 0 radical (unpaired) electrons. The van der Waals surface area contributed by atoms with Gasteiger partial charge >= 0.3 is 5.97 Å². The molecule has 1 fully saturated rings. The summed E-state index contributed by atoms with van der Waals surface area (Å²) in [6, 6.07) is 13.9. The van der Waals surface area contributed by atoms with Crippen molar-refractivity contribution < 1.29 is 19.4 Å². The van der Waals surface area contributed by atoms with E-state index in [1.54, 1.807) is 24.3 Å². The van der Waals surface area contributed by atoms with Crippen LogP contribution in [-0.4, -0.2) is 30.2 Å². The second kappa shape index (κ2) is 7.89. The maximum absolute atomic E-state index is 13.1. The van der Waals surface area contributed by atoms with E-state index in [0.717, 1.165) is 11.1 Å². The summed E-state index contributed by atoms with van der Waals surface area (Å²) < 4.78 is 5.45. The number of rotatable bonds is 5. The van der Waals surface area contributed by atoms with Crippen LogP contribution in [0.5, 0.6) is 0 Å². The first-order valence-electron chi connectivity index (χ1n) is 8.46. The van der Waals surface area contributed by atoms with Gasteiger partial charge in [0.1, 0.15) is 0 Å². The van der Waals surface area contributed by atoms with Crippen molar-refractivity contribution in [2.45, 2.75) is 24.8 Å². The lowest BCUT2D eigenvalue weighted by molar-refractivity contribution is -0.130. The molecule has 0 saturated carbocycles. The summed E-state index contributed by atoms with van der Waals surface area (Å²) in [6.07, 6.45) is 1.11. The summed E-state index contributed by atoms with van der Waals surface area (Å²) in [5, 5.41) is 12.6. The van der Waals surface area contributed by atoms with Crippen LogP contribution in [0.4, 0.5) is 0 Å². The van der Waals surface area contributed by atoms with E-state index in [-0.39, 0.29) is 18.0 Å². The van der Waals surface area contributed by atoms with Crippen molar-refractivity contribution in [1.29, 1.82) is 0 Å². The highest BCUT2D eigenvalue weighted by atomic mass is 35.5. The van der Waals surface area contributed by atoms with Crippen molar-refractivity contribution in [3.8, 4) is 0 Å². The molecule has 0 atom stereocenters. The van der Waals surface area contributed by atoms with E-state index in [2.05, 4.69) is 5.32 Å². The molecule has 0 aromatic heterocycles. The van der Waals surface area contributed by atoms with E-state index >= 15 is 0 Å². The second-order valence-corrected chi connectivity index (χ2v) is 6.77. The van der Waals surface area contributed by atoms with Gasteiger partial charge in [-0.05, 0) is 42.2 Å². The van der Waals surface area contributed by atoms with E-state index in [9.17, 15) is 9.59 Å². The van der Waals surface area contributed by atoms with Gasteiger partial charge in [0.2, 0.25) is 5.91 Å². The Morgan fingerprint density at radius 1 is 1.12 bits per heavy atom. The van der Waals surface area contributed by atoms with Crippen molar-refractivity contribution in [2.75, 3.05) is 13.2 Å². The number of carbonyl (C=O) groups excluding carboxylic acids is 1. The Labute approximate surface area is 156 Å². The smallest absolute Gasteiger partial charge is 0.335 e. The topological polar surface area (TPSA) is 75.6 Å². The maximum atomic E-state index is 13.1. The van der Waals surface area contributed by atoms with Crippen molar-refractivity contribution in [1.82, 2.24) is 5.32 Å². The maximum Gasteiger partial charge on any atom is 0.335 e. The molecular weight excluding hydrogens is 354 g/mol. The fourth-order valence-corrected chi connectivity index (χ4v) is 3.67. The lowest BCUT2D eigenvalue weighted by atomic mass is 9.73. The Balaban J connectivity index is 1.82. The first kappa shape index (κ1) is 18.4. The summed E-state index contributed by atoms with van der Waals surface area (Å²) in [4.78, 5) is 24.2. The third-order valence-corrected chi connectivity index (χ3v) is 5.13. The molecule has 1 heterocycles. The molecule has 2 aromatic rings. The van der Waals surface area contributed by atoms with Gasteiger partial charge in [0.15, 0.2) is 0 Å². The monoisotopic (exact) mass is 373 g/mol. The number of aromatic carboxylic acids is 1. The number of carboxylic acids is 1. The molecular formula is C20H20ClNO4. The molecule has 6 heteroatoms. The normalized spacial score (nSPS) is 16.0. The number of ether oxygens (including phenoxy) is 1. The molecule has 5 nitrogen and oxygen atoms in total. The third kappa shape index (κ3) is 3.74. The summed E-state index contributed by atoms with van der Waals surface area (Å²) in [6.45, 7) is 1.24. The minimum atomic E-state index is -0.991. The molecule has 3 rings (SSSR count). The number of carbonyl (C=O) groups is 2. The van der Waals surface area contributed by atoms with Gasteiger partial charge in [0, 0.05) is 24.8 Å². The van der Waals surface area contributed by atoms with Crippen LogP contribution in [0.1, 0.15) is 34.3 Å². The van der Waals surface area contributed by atoms with Crippen LogP contribution >= 0.6 is 11.6 Å². The van der Waals surface area contributed by atoms with Crippen LogP contribution < -0.4 is 5.32 Å². The molecule has 0 aliphatic carbocycles. The molecule has 0 bridgehead atoms. The van der Waals surface area contributed by atoms with E-state index in [1.165, 1.54) is 6.07 Å². The van der Waals surface area contributed by atoms with Crippen LogP contribution in [0, 0.1) is 0 Å². The SMILES string of the molecule is O=C(O)c1cccc(CNC(=O)C2(c3ccccc3Cl)CCOCC2)c1. The van der Waals surface area contributed by atoms with Crippen molar-refractivity contribution >= 4 is 23.5 Å². The Kier molecular flexibility index (Phi) is 5.59. The Morgan fingerprint density at radius 3 is 2.54 bits per heavy atom. The Bertz CT molecular complexity index is 815. The molecule has 1 aliphatic heterocycles. The van der Waals surface area contributed by atoms with Gasteiger partial charge in [-0.2, -0.15) is 0 Å². The number of amides is 1. The van der Waals surface area contributed by atoms with E-state index < -0.39 is 11.4 Å². The lowest BCUT2D eigenvalue weighted by Gasteiger charge is -2.36. The highest BCUT2D eigenvalue weighted by Crippen LogP contribution is 2.38. The zero-order chi connectivity index (χ0) is 18.6. The van der Waals surface area contributed by atoms with Gasteiger partial charge in [-0.25, -0.2) is 4.79 Å². The largest absolute Gasteiger partial charge is 0.478 e. The fraction of sp³-hybridized carbons (Fsp3) is 0.300.